The molecule has 0 unspecified atom stereocenters. The normalized spacial score (nSPS) is 11.7. The molecule has 0 radical (unpaired) electrons. The van der Waals surface area contributed by atoms with Crippen molar-refractivity contribution in [3.05, 3.63) is 69.7 Å². The monoisotopic (exact) mass is 356 g/mol. The van der Waals surface area contributed by atoms with E-state index in [0.29, 0.717) is 5.56 Å². The van der Waals surface area contributed by atoms with E-state index in [4.69, 9.17) is 0 Å². The van der Waals surface area contributed by atoms with E-state index in [0.717, 1.165) is 6.07 Å². The zero-order chi connectivity index (χ0) is 15.5. The molecule has 0 aromatic heterocycles. The Morgan fingerprint density at radius 1 is 0.952 bits per heavy atom. The second-order valence-electron chi connectivity index (χ2n) is 4.96. The van der Waals surface area contributed by atoms with Crippen LogP contribution in [0.1, 0.15) is 11.1 Å². The lowest BCUT2D eigenvalue weighted by Crippen LogP contribution is -2.38. The van der Waals surface area contributed by atoms with Crippen molar-refractivity contribution >= 4 is 15.9 Å². The predicted octanol–water partition coefficient (Wildman–Crippen LogP) is 3.19. The minimum absolute atomic E-state index is 0.138. The summed E-state index contributed by atoms with van der Waals surface area (Å²) in [6.07, 6.45) is -0.138. The van der Waals surface area contributed by atoms with Gasteiger partial charge in [0.15, 0.2) is 0 Å². The molecular weight excluding hydrogens is 342 g/mol. The zero-order valence-corrected chi connectivity index (χ0v) is 12.8. The van der Waals surface area contributed by atoms with Crippen molar-refractivity contribution in [1.82, 2.24) is 0 Å². The third-order valence-electron chi connectivity index (χ3n) is 3.65. The third-order valence-corrected chi connectivity index (χ3v) is 4.26. The number of aliphatic hydroxyl groups excluding tert-OH is 2. The molecule has 2 N–H and O–H groups in total. The van der Waals surface area contributed by atoms with Crippen LogP contribution in [0.3, 0.4) is 0 Å². The molecule has 0 aliphatic heterocycles. The van der Waals surface area contributed by atoms with Gasteiger partial charge in [0.1, 0.15) is 11.6 Å². The molecule has 2 aromatic rings. The van der Waals surface area contributed by atoms with Crippen LogP contribution in [0.5, 0.6) is 0 Å². The molecule has 0 amide bonds. The van der Waals surface area contributed by atoms with Crippen molar-refractivity contribution in [3.63, 3.8) is 0 Å². The Morgan fingerprint density at radius 2 is 1.57 bits per heavy atom. The molecule has 0 fully saturated rings. The maximum Gasteiger partial charge on any atom is 0.143 e. The quantitative estimate of drug-likeness (QED) is 0.807. The first-order valence-corrected chi connectivity index (χ1v) is 7.23. The highest BCUT2D eigenvalue weighted by atomic mass is 79.9. The van der Waals surface area contributed by atoms with Gasteiger partial charge in [-0.15, -0.1) is 0 Å². The number of hydrogen-bond acceptors (Lipinski definition) is 2. The van der Waals surface area contributed by atoms with Crippen molar-refractivity contribution in [2.24, 2.45) is 0 Å². The van der Waals surface area contributed by atoms with Gasteiger partial charge in [-0.2, -0.15) is 0 Å². The molecule has 2 rings (SSSR count). The second-order valence-corrected chi connectivity index (χ2v) is 5.82. The van der Waals surface area contributed by atoms with Gasteiger partial charge in [-0.3, -0.25) is 0 Å². The highest BCUT2D eigenvalue weighted by Gasteiger charge is 2.33. The second kappa shape index (κ2) is 6.64. The number of hydrogen-bond donors (Lipinski definition) is 2. The van der Waals surface area contributed by atoms with E-state index in [9.17, 15) is 19.0 Å². The molecule has 112 valence electrons. The molecule has 0 saturated heterocycles. The molecule has 0 saturated carbocycles. The Hall–Kier alpha value is -1.30. The van der Waals surface area contributed by atoms with Crippen LogP contribution in [0.4, 0.5) is 8.78 Å². The smallest absolute Gasteiger partial charge is 0.143 e. The summed E-state index contributed by atoms with van der Waals surface area (Å²) in [6, 6.07) is 11.2. The summed E-state index contributed by atoms with van der Waals surface area (Å²) in [6.45, 7) is -0.836. The molecule has 0 aliphatic carbocycles. The molecule has 2 aromatic carbocycles. The first kappa shape index (κ1) is 16.1. The summed E-state index contributed by atoms with van der Waals surface area (Å²) in [4.78, 5) is 0. The van der Waals surface area contributed by atoms with E-state index < -0.39 is 30.3 Å². The summed E-state index contributed by atoms with van der Waals surface area (Å²) < 4.78 is 28.2. The minimum Gasteiger partial charge on any atom is -0.395 e. The van der Waals surface area contributed by atoms with Gasteiger partial charge < -0.3 is 10.2 Å². The molecule has 0 heterocycles. The van der Waals surface area contributed by atoms with Crippen LogP contribution < -0.4 is 0 Å². The van der Waals surface area contributed by atoms with Crippen molar-refractivity contribution in [2.75, 3.05) is 13.2 Å². The molecule has 0 spiro atoms. The Bertz CT molecular complexity index is 613. The molecule has 21 heavy (non-hydrogen) atoms. The fourth-order valence-corrected chi connectivity index (χ4v) is 2.68. The third kappa shape index (κ3) is 3.15. The Balaban J connectivity index is 2.49. The summed E-state index contributed by atoms with van der Waals surface area (Å²) in [7, 11) is 0. The Kier molecular flexibility index (Phi) is 5.08. The summed E-state index contributed by atoms with van der Waals surface area (Å²) >= 11 is 3.02. The summed E-state index contributed by atoms with van der Waals surface area (Å²) in [5, 5.41) is 19.5. The van der Waals surface area contributed by atoms with Gasteiger partial charge in [-0.25, -0.2) is 8.78 Å². The van der Waals surface area contributed by atoms with Gasteiger partial charge in [-0.05, 0) is 40.0 Å². The van der Waals surface area contributed by atoms with Crippen molar-refractivity contribution in [1.29, 1.82) is 0 Å². The maximum absolute atomic E-state index is 14.1. The van der Waals surface area contributed by atoms with E-state index in [2.05, 4.69) is 15.9 Å². The minimum atomic E-state index is -1.14. The highest BCUT2D eigenvalue weighted by molar-refractivity contribution is 9.10. The van der Waals surface area contributed by atoms with Crippen LogP contribution in [0, 0.1) is 11.6 Å². The molecule has 5 heteroatoms. The van der Waals surface area contributed by atoms with Gasteiger partial charge in [0.05, 0.1) is 17.7 Å². The maximum atomic E-state index is 14.1. The van der Waals surface area contributed by atoms with Crippen molar-refractivity contribution in [2.45, 2.75) is 11.8 Å². The van der Waals surface area contributed by atoms with Crippen LogP contribution in [-0.2, 0) is 11.8 Å². The van der Waals surface area contributed by atoms with Gasteiger partial charge in [-0.1, -0.05) is 30.3 Å². The average molecular weight is 357 g/mol. The molecular formula is C16H15BrF2O2. The molecule has 0 aliphatic rings. The van der Waals surface area contributed by atoms with E-state index in [1.807, 2.05) is 0 Å². The van der Waals surface area contributed by atoms with E-state index in [1.165, 1.54) is 6.07 Å². The number of aliphatic hydroxyl groups is 2. The van der Waals surface area contributed by atoms with Crippen LogP contribution in [-0.4, -0.2) is 23.4 Å². The average Bonchev–Trinajstić information content (AvgIpc) is 2.53. The lowest BCUT2D eigenvalue weighted by molar-refractivity contribution is 0.115. The van der Waals surface area contributed by atoms with Crippen LogP contribution in [0.2, 0.25) is 0 Å². The fraction of sp³-hybridized carbons (Fsp3) is 0.250. The SMILES string of the molecule is OCC(CO)(Cc1c(F)ccc(Br)c1F)c1ccccc1. The van der Waals surface area contributed by atoms with E-state index in [-0.39, 0.29) is 16.5 Å². The Morgan fingerprint density at radius 3 is 2.14 bits per heavy atom. The first-order chi connectivity index (χ1) is 10.0. The van der Waals surface area contributed by atoms with E-state index in [1.54, 1.807) is 30.3 Å². The first-order valence-electron chi connectivity index (χ1n) is 6.43. The van der Waals surface area contributed by atoms with Gasteiger partial charge >= 0.3 is 0 Å². The summed E-state index contributed by atoms with van der Waals surface area (Å²) in [5.74, 6) is -1.41. The van der Waals surface area contributed by atoms with Crippen LogP contribution in [0.25, 0.3) is 0 Å². The largest absolute Gasteiger partial charge is 0.395 e. The Labute approximate surface area is 130 Å². The van der Waals surface area contributed by atoms with E-state index >= 15 is 0 Å². The van der Waals surface area contributed by atoms with Crippen LogP contribution in [0.15, 0.2) is 46.9 Å². The molecule has 0 bridgehead atoms. The number of benzene rings is 2. The zero-order valence-electron chi connectivity index (χ0n) is 11.2. The molecule has 2 nitrogen and oxygen atoms in total. The predicted molar refractivity (Wildman–Crippen MR) is 80.1 cm³/mol. The number of rotatable bonds is 5. The van der Waals surface area contributed by atoms with Gasteiger partial charge in [0, 0.05) is 11.0 Å². The van der Waals surface area contributed by atoms with Crippen LogP contribution >= 0.6 is 15.9 Å². The topological polar surface area (TPSA) is 40.5 Å². The highest BCUT2D eigenvalue weighted by Crippen LogP contribution is 2.32. The van der Waals surface area contributed by atoms with Crippen molar-refractivity contribution in [3.8, 4) is 0 Å². The number of halogens is 3. The van der Waals surface area contributed by atoms with Gasteiger partial charge in [0.2, 0.25) is 0 Å². The van der Waals surface area contributed by atoms with Gasteiger partial charge in [0.25, 0.3) is 0 Å². The summed E-state index contributed by atoms with van der Waals surface area (Å²) in [5.41, 5.74) is -0.658. The standard InChI is InChI=1S/C16H15BrF2O2/c17-13-6-7-14(18)12(15(13)19)8-16(9-20,10-21)11-4-2-1-3-5-11/h1-7,20-21H,8-10H2. The lowest BCUT2D eigenvalue weighted by Gasteiger charge is -2.31. The molecule has 0 atom stereocenters. The fourth-order valence-electron chi connectivity index (χ4n) is 2.31. The van der Waals surface area contributed by atoms with Crippen molar-refractivity contribution < 1.29 is 19.0 Å². The lowest BCUT2D eigenvalue weighted by atomic mass is 9.76.